The molecule has 1 aliphatic heterocycles. The summed E-state index contributed by atoms with van der Waals surface area (Å²) in [6.45, 7) is 1.25. The van der Waals surface area contributed by atoms with E-state index in [2.05, 4.69) is 11.4 Å². The van der Waals surface area contributed by atoms with Crippen LogP contribution in [0.15, 0.2) is 24.3 Å². The topological polar surface area (TPSA) is 93.4 Å². The van der Waals surface area contributed by atoms with Gasteiger partial charge in [-0.1, -0.05) is 12.1 Å². The number of amides is 1. The lowest BCUT2D eigenvalue weighted by Gasteiger charge is -2.14. The normalized spacial score (nSPS) is 18.1. The molecule has 1 atom stereocenters. The summed E-state index contributed by atoms with van der Waals surface area (Å²) in [5.74, 6) is -1.33. The number of nitrogens with one attached hydrogen (secondary N) is 1. The summed E-state index contributed by atoms with van der Waals surface area (Å²) in [5.41, 5.74) is 1.58. The number of carbonyl (C=O) groups is 2. The second-order valence-electron chi connectivity index (χ2n) is 5.14. The average molecular weight is 287 g/mol. The van der Waals surface area contributed by atoms with Crippen LogP contribution in [0.25, 0.3) is 0 Å². The zero-order chi connectivity index (χ0) is 15.2. The zero-order valence-electron chi connectivity index (χ0n) is 11.6. The van der Waals surface area contributed by atoms with Crippen LogP contribution >= 0.6 is 0 Å². The highest BCUT2D eigenvalue weighted by atomic mass is 16.4. The van der Waals surface area contributed by atoms with Gasteiger partial charge in [0.1, 0.15) is 0 Å². The van der Waals surface area contributed by atoms with Crippen molar-refractivity contribution in [2.45, 2.75) is 12.8 Å². The van der Waals surface area contributed by atoms with Crippen molar-refractivity contribution in [2.75, 3.05) is 25.0 Å². The quantitative estimate of drug-likeness (QED) is 0.845. The maximum Gasteiger partial charge on any atom is 0.307 e. The molecule has 1 unspecified atom stereocenters. The molecule has 21 heavy (non-hydrogen) atoms. The third-order valence-electron chi connectivity index (χ3n) is 3.51. The summed E-state index contributed by atoms with van der Waals surface area (Å²) in [6, 6.07) is 9.18. The van der Waals surface area contributed by atoms with Gasteiger partial charge in [-0.05, 0) is 30.7 Å². The number of hydrogen-bond donors (Lipinski definition) is 2. The number of carbonyl (C=O) groups excluding carboxylic acids is 1. The molecule has 2 rings (SSSR count). The Balaban J connectivity index is 1.82. The molecule has 0 bridgehead atoms. The molecule has 110 valence electrons. The summed E-state index contributed by atoms with van der Waals surface area (Å²) >= 11 is 0. The third-order valence-corrected chi connectivity index (χ3v) is 3.51. The van der Waals surface area contributed by atoms with Gasteiger partial charge < -0.3 is 10.4 Å². The number of aliphatic carboxylic acids is 1. The van der Waals surface area contributed by atoms with Gasteiger partial charge in [-0.2, -0.15) is 5.26 Å². The van der Waals surface area contributed by atoms with E-state index in [0.717, 1.165) is 5.56 Å². The summed E-state index contributed by atoms with van der Waals surface area (Å²) in [5, 5.41) is 20.3. The minimum Gasteiger partial charge on any atom is -0.481 e. The first-order chi connectivity index (χ1) is 10.1. The number of carboxylic acid groups (broad SMARTS) is 1. The maximum atomic E-state index is 11.9. The molecule has 1 aromatic carbocycles. The van der Waals surface area contributed by atoms with E-state index < -0.39 is 5.97 Å². The van der Waals surface area contributed by atoms with E-state index in [0.29, 0.717) is 31.6 Å². The van der Waals surface area contributed by atoms with Crippen molar-refractivity contribution in [1.82, 2.24) is 4.90 Å². The zero-order valence-corrected chi connectivity index (χ0v) is 11.6. The second-order valence-corrected chi connectivity index (χ2v) is 5.14. The first-order valence-electron chi connectivity index (χ1n) is 6.79. The van der Waals surface area contributed by atoms with Gasteiger partial charge in [0.25, 0.3) is 0 Å². The molecule has 0 spiro atoms. The highest BCUT2D eigenvalue weighted by Gasteiger charge is 2.28. The number of hydrogen-bond acceptors (Lipinski definition) is 4. The van der Waals surface area contributed by atoms with Crippen LogP contribution in [0.3, 0.4) is 0 Å². The van der Waals surface area contributed by atoms with Gasteiger partial charge in [-0.25, -0.2) is 0 Å². The van der Waals surface area contributed by atoms with Crippen LogP contribution < -0.4 is 5.32 Å². The molecule has 1 saturated heterocycles. The molecule has 1 amide bonds. The Morgan fingerprint density at radius 1 is 1.38 bits per heavy atom. The molecular weight excluding hydrogens is 270 g/mol. The van der Waals surface area contributed by atoms with Crippen LogP contribution in [0, 0.1) is 17.2 Å². The fourth-order valence-corrected chi connectivity index (χ4v) is 2.38. The molecule has 2 N–H and O–H groups in total. The van der Waals surface area contributed by atoms with Crippen molar-refractivity contribution < 1.29 is 14.7 Å². The number of nitrogens with zero attached hydrogens (tertiary/aromatic N) is 2. The SMILES string of the molecule is N#CCc1ccc(NC(=O)CN2CCC(C(=O)O)C2)cc1. The van der Waals surface area contributed by atoms with E-state index in [9.17, 15) is 9.59 Å². The first kappa shape index (κ1) is 15.0. The standard InChI is InChI=1S/C15H17N3O3/c16-7-5-11-1-3-13(4-2-11)17-14(19)10-18-8-6-12(9-18)15(20)21/h1-4,12H,5-6,8-10H2,(H,17,19)(H,20,21). The fraction of sp³-hybridized carbons (Fsp3) is 0.400. The summed E-state index contributed by atoms with van der Waals surface area (Å²) in [4.78, 5) is 24.6. The molecule has 0 aromatic heterocycles. The van der Waals surface area contributed by atoms with Crippen molar-refractivity contribution in [3.05, 3.63) is 29.8 Å². The molecule has 1 fully saturated rings. The predicted molar refractivity (Wildman–Crippen MR) is 76.6 cm³/mol. The third kappa shape index (κ3) is 4.29. The number of carboxylic acids is 1. The van der Waals surface area contributed by atoms with E-state index in [-0.39, 0.29) is 18.4 Å². The van der Waals surface area contributed by atoms with Crippen LogP contribution in [0.2, 0.25) is 0 Å². The second kappa shape index (κ2) is 6.86. The predicted octanol–water partition coefficient (Wildman–Crippen LogP) is 1.10. The number of nitriles is 1. The molecule has 0 radical (unpaired) electrons. The largest absolute Gasteiger partial charge is 0.481 e. The maximum absolute atomic E-state index is 11.9. The van der Waals surface area contributed by atoms with Crippen LogP contribution in [-0.4, -0.2) is 41.5 Å². The van der Waals surface area contributed by atoms with Crippen LogP contribution in [-0.2, 0) is 16.0 Å². The Kier molecular flexibility index (Phi) is 4.90. The molecule has 0 saturated carbocycles. The minimum absolute atomic E-state index is 0.158. The van der Waals surface area contributed by atoms with Gasteiger partial charge in [0.2, 0.25) is 5.91 Å². The molecule has 6 heteroatoms. The summed E-state index contributed by atoms with van der Waals surface area (Å²) in [7, 11) is 0. The fourth-order valence-electron chi connectivity index (χ4n) is 2.38. The lowest BCUT2D eigenvalue weighted by Crippen LogP contribution is -2.32. The van der Waals surface area contributed by atoms with E-state index in [1.807, 2.05) is 4.90 Å². The van der Waals surface area contributed by atoms with E-state index in [1.54, 1.807) is 24.3 Å². The van der Waals surface area contributed by atoms with E-state index >= 15 is 0 Å². The number of likely N-dealkylation sites (tertiary alicyclic amines) is 1. The van der Waals surface area contributed by atoms with Gasteiger partial charge in [0, 0.05) is 12.2 Å². The molecular formula is C15H17N3O3. The van der Waals surface area contributed by atoms with Gasteiger partial charge in [-0.15, -0.1) is 0 Å². The highest BCUT2D eigenvalue weighted by molar-refractivity contribution is 5.92. The average Bonchev–Trinajstić information content (AvgIpc) is 2.90. The van der Waals surface area contributed by atoms with Crippen molar-refractivity contribution in [3.63, 3.8) is 0 Å². The van der Waals surface area contributed by atoms with Crippen molar-refractivity contribution >= 4 is 17.6 Å². The molecule has 1 aromatic rings. The van der Waals surface area contributed by atoms with Crippen LogP contribution in [0.5, 0.6) is 0 Å². The van der Waals surface area contributed by atoms with Crippen LogP contribution in [0.1, 0.15) is 12.0 Å². The van der Waals surface area contributed by atoms with Crippen molar-refractivity contribution in [3.8, 4) is 6.07 Å². The monoisotopic (exact) mass is 287 g/mol. The first-order valence-corrected chi connectivity index (χ1v) is 6.79. The van der Waals surface area contributed by atoms with Gasteiger partial charge in [-0.3, -0.25) is 14.5 Å². The van der Waals surface area contributed by atoms with Crippen LogP contribution in [0.4, 0.5) is 5.69 Å². The van der Waals surface area contributed by atoms with E-state index in [1.165, 1.54) is 0 Å². The Bertz CT molecular complexity index is 563. The Morgan fingerprint density at radius 3 is 2.67 bits per heavy atom. The van der Waals surface area contributed by atoms with E-state index in [4.69, 9.17) is 10.4 Å². The van der Waals surface area contributed by atoms with Gasteiger partial charge in [0.15, 0.2) is 0 Å². The van der Waals surface area contributed by atoms with Crippen molar-refractivity contribution in [1.29, 1.82) is 5.26 Å². The lowest BCUT2D eigenvalue weighted by molar-refractivity contribution is -0.141. The highest BCUT2D eigenvalue weighted by Crippen LogP contribution is 2.16. The Morgan fingerprint density at radius 2 is 2.10 bits per heavy atom. The van der Waals surface area contributed by atoms with Gasteiger partial charge >= 0.3 is 5.97 Å². The number of rotatable bonds is 5. The Labute approximate surface area is 123 Å². The number of benzene rings is 1. The number of anilines is 1. The minimum atomic E-state index is -0.800. The lowest BCUT2D eigenvalue weighted by atomic mass is 10.1. The molecule has 1 aliphatic rings. The smallest absolute Gasteiger partial charge is 0.307 e. The molecule has 6 nitrogen and oxygen atoms in total. The van der Waals surface area contributed by atoms with Crippen molar-refractivity contribution in [2.24, 2.45) is 5.92 Å². The molecule has 0 aliphatic carbocycles. The molecule has 1 heterocycles. The summed E-state index contributed by atoms with van der Waals surface area (Å²) in [6.07, 6.45) is 0.935. The van der Waals surface area contributed by atoms with Gasteiger partial charge in [0.05, 0.1) is 25.0 Å². The summed E-state index contributed by atoms with van der Waals surface area (Å²) < 4.78 is 0. The Hall–Kier alpha value is -2.39.